The van der Waals surface area contributed by atoms with Gasteiger partial charge in [-0.25, -0.2) is 0 Å². The van der Waals surface area contributed by atoms with Gasteiger partial charge in [0, 0.05) is 24.2 Å². The number of hydrogen-bond acceptors (Lipinski definition) is 3. The summed E-state index contributed by atoms with van der Waals surface area (Å²) < 4.78 is 0. The predicted molar refractivity (Wildman–Crippen MR) is 66.9 cm³/mol. The smallest absolute Gasteiger partial charge is 0.251 e. The van der Waals surface area contributed by atoms with E-state index in [1.165, 1.54) is 0 Å². The maximum atomic E-state index is 11.7. The van der Waals surface area contributed by atoms with Crippen LogP contribution < -0.4 is 5.32 Å². The van der Waals surface area contributed by atoms with Crippen LogP contribution in [0.25, 0.3) is 0 Å². The van der Waals surface area contributed by atoms with E-state index in [4.69, 9.17) is 0 Å². The zero-order valence-electron chi connectivity index (χ0n) is 9.04. The zero-order valence-corrected chi connectivity index (χ0v) is 9.85. The lowest BCUT2D eigenvalue weighted by molar-refractivity contribution is 0.0950. The molecule has 0 bridgehead atoms. The van der Waals surface area contributed by atoms with E-state index in [2.05, 4.69) is 15.3 Å². The largest absolute Gasteiger partial charge is 0.346 e. The summed E-state index contributed by atoms with van der Waals surface area (Å²) in [6.07, 6.45) is 4.89. The third-order valence-electron chi connectivity index (χ3n) is 2.10. The molecule has 0 atom stereocenters. The predicted octanol–water partition coefficient (Wildman–Crippen LogP) is 1.83. The molecule has 1 amide bonds. The SMILES string of the molecule is Cl.O=C(NCc1ccccn1)c1ccncc1. The number of carbonyl (C=O) groups is 1. The fraction of sp³-hybridized carbons (Fsp3) is 0.0833. The molecule has 0 fully saturated rings. The van der Waals surface area contributed by atoms with Crippen LogP contribution in [0.4, 0.5) is 0 Å². The Morgan fingerprint density at radius 2 is 1.88 bits per heavy atom. The van der Waals surface area contributed by atoms with Crippen molar-refractivity contribution in [3.05, 3.63) is 60.2 Å². The standard InChI is InChI=1S/C12H11N3O.ClH/c16-12(10-4-7-13-8-5-10)15-9-11-3-1-2-6-14-11;/h1-8H,9H2,(H,15,16);1H. The Morgan fingerprint density at radius 3 is 2.53 bits per heavy atom. The molecule has 0 aliphatic carbocycles. The normalized spacial score (nSPS) is 9.18. The van der Waals surface area contributed by atoms with Crippen molar-refractivity contribution < 1.29 is 4.79 Å². The fourth-order valence-corrected chi connectivity index (χ4v) is 1.28. The fourth-order valence-electron chi connectivity index (χ4n) is 1.28. The number of rotatable bonds is 3. The van der Waals surface area contributed by atoms with Crippen LogP contribution in [-0.4, -0.2) is 15.9 Å². The van der Waals surface area contributed by atoms with Crippen molar-refractivity contribution in [3.63, 3.8) is 0 Å². The monoisotopic (exact) mass is 249 g/mol. The first kappa shape index (κ1) is 13.1. The number of aromatic nitrogens is 2. The lowest BCUT2D eigenvalue weighted by Crippen LogP contribution is -2.23. The summed E-state index contributed by atoms with van der Waals surface area (Å²) >= 11 is 0. The van der Waals surface area contributed by atoms with Crippen LogP contribution in [0.3, 0.4) is 0 Å². The summed E-state index contributed by atoms with van der Waals surface area (Å²) in [6, 6.07) is 8.95. The summed E-state index contributed by atoms with van der Waals surface area (Å²) in [5.74, 6) is -0.118. The van der Waals surface area contributed by atoms with E-state index >= 15 is 0 Å². The van der Waals surface area contributed by atoms with Crippen molar-refractivity contribution in [3.8, 4) is 0 Å². The number of nitrogens with zero attached hydrogens (tertiary/aromatic N) is 2. The summed E-state index contributed by atoms with van der Waals surface area (Å²) in [5.41, 5.74) is 1.44. The lowest BCUT2D eigenvalue weighted by Gasteiger charge is -2.03. The second-order valence-corrected chi connectivity index (χ2v) is 3.24. The Labute approximate surface area is 106 Å². The highest BCUT2D eigenvalue weighted by atomic mass is 35.5. The molecule has 0 spiro atoms. The first-order chi connectivity index (χ1) is 7.86. The number of halogens is 1. The van der Waals surface area contributed by atoms with Crippen LogP contribution in [0.1, 0.15) is 16.1 Å². The van der Waals surface area contributed by atoms with Gasteiger partial charge in [-0.2, -0.15) is 0 Å². The molecule has 0 radical (unpaired) electrons. The molecule has 17 heavy (non-hydrogen) atoms. The van der Waals surface area contributed by atoms with Crippen LogP contribution in [0, 0.1) is 0 Å². The zero-order chi connectivity index (χ0) is 11.2. The summed E-state index contributed by atoms with van der Waals surface area (Å²) in [5, 5.41) is 2.79. The third kappa shape index (κ3) is 3.85. The minimum absolute atomic E-state index is 0. The molecule has 2 heterocycles. The van der Waals surface area contributed by atoms with Gasteiger partial charge in [0.15, 0.2) is 0 Å². The Morgan fingerprint density at radius 1 is 1.12 bits per heavy atom. The molecule has 4 nitrogen and oxygen atoms in total. The highest BCUT2D eigenvalue weighted by molar-refractivity contribution is 5.93. The van der Waals surface area contributed by atoms with Gasteiger partial charge in [-0.15, -0.1) is 12.4 Å². The molecule has 0 unspecified atom stereocenters. The topological polar surface area (TPSA) is 54.9 Å². The number of hydrogen-bond donors (Lipinski definition) is 1. The van der Waals surface area contributed by atoms with E-state index in [9.17, 15) is 4.79 Å². The van der Waals surface area contributed by atoms with E-state index in [0.29, 0.717) is 12.1 Å². The average molecular weight is 250 g/mol. The second-order valence-electron chi connectivity index (χ2n) is 3.24. The van der Waals surface area contributed by atoms with Crippen molar-refractivity contribution in [2.75, 3.05) is 0 Å². The van der Waals surface area contributed by atoms with Crippen molar-refractivity contribution >= 4 is 18.3 Å². The summed E-state index contributed by atoms with van der Waals surface area (Å²) in [4.78, 5) is 19.6. The van der Waals surface area contributed by atoms with Gasteiger partial charge in [0.2, 0.25) is 0 Å². The minimum Gasteiger partial charge on any atom is -0.346 e. The number of amides is 1. The van der Waals surface area contributed by atoms with Crippen LogP contribution >= 0.6 is 12.4 Å². The molecule has 2 rings (SSSR count). The van der Waals surface area contributed by atoms with Crippen LogP contribution in [0.15, 0.2) is 48.9 Å². The summed E-state index contributed by atoms with van der Waals surface area (Å²) in [7, 11) is 0. The van der Waals surface area contributed by atoms with Crippen molar-refractivity contribution in [1.29, 1.82) is 0 Å². The third-order valence-corrected chi connectivity index (χ3v) is 2.10. The van der Waals surface area contributed by atoms with Gasteiger partial charge >= 0.3 is 0 Å². The molecule has 0 aliphatic rings. The van der Waals surface area contributed by atoms with Crippen LogP contribution in [-0.2, 0) is 6.54 Å². The van der Waals surface area contributed by atoms with Crippen molar-refractivity contribution in [2.24, 2.45) is 0 Å². The average Bonchev–Trinajstić information content (AvgIpc) is 2.38. The van der Waals surface area contributed by atoms with Gasteiger partial charge in [0.05, 0.1) is 12.2 Å². The molecule has 2 aromatic heterocycles. The first-order valence-electron chi connectivity index (χ1n) is 4.94. The number of carbonyl (C=O) groups excluding carboxylic acids is 1. The van der Waals surface area contributed by atoms with Crippen molar-refractivity contribution in [1.82, 2.24) is 15.3 Å². The first-order valence-corrected chi connectivity index (χ1v) is 4.94. The van der Waals surface area contributed by atoms with Gasteiger partial charge in [0.25, 0.3) is 5.91 Å². The Bertz CT molecular complexity index is 462. The molecule has 0 aliphatic heterocycles. The molecule has 0 aromatic carbocycles. The highest BCUT2D eigenvalue weighted by Gasteiger charge is 2.03. The van der Waals surface area contributed by atoms with E-state index < -0.39 is 0 Å². The second kappa shape index (κ2) is 6.60. The van der Waals surface area contributed by atoms with Crippen molar-refractivity contribution in [2.45, 2.75) is 6.54 Å². The Hall–Kier alpha value is -1.94. The van der Waals surface area contributed by atoms with Gasteiger partial charge in [-0.05, 0) is 24.3 Å². The molecular weight excluding hydrogens is 238 g/mol. The minimum atomic E-state index is -0.118. The quantitative estimate of drug-likeness (QED) is 0.903. The van der Waals surface area contributed by atoms with Gasteiger partial charge in [-0.1, -0.05) is 6.07 Å². The van der Waals surface area contributed by atoms with Gasteiger partial charge in [-0.3, -0.25) is 14.8 Å². The molecule has 0 saturated carbocycles. The number of pyridine rings is 2. The van der Waals surface area contributed by atoms with E-state index in [1.54, 1.807) is 30.7 Å². The maximum absolute atomic E-state index is 11.7. The Kier molecular flexibility index (Phi) is 5.10. The molecular formula is C12H12ClN3O. The van der Waals surface area contributed by atoms with Crippen LogP contribution in [0.5, 0.6) is 0 Å². The number of nitrogens with one attached hydrogen (secondary N) is 1. The van der Waals surface area contributed by atoms with Crippen LogP contribution in [0.2, 0.25) is 0 Å². The summed E-state index contributed by atoms with van der Waals surface area (Å²) in [6.45, 7) is 0.433. The Balaban J connectivity index is 0.00000144. The van der Waals surface area contributed by atoms with E-state index in [0.717, 1.165) is 5.69 Å². The van der Waals surface area contributed by atoms with Gasteiger partial charge in [0.1, 0.15) is 0 Å². The molecule has 5 heteroatoms. The van der Waals surface area contributed by atoms with Gasteiger partial charge < -0.3 is 5.32 Å². The van der Waals surface area contributed by atoms with E-state index in [-0.39, 0.29) is 18.3 Å². The molecule has 88 valence electrons. The molecule has 0 saturated heterocycles. The maximum Gasteiger partial charge on any atom is 0.251 e. The molecule has 2 aromatic rings. The highest BCUT2D eigenvalue weighted by Crippen LogP contribution is 1.97. The van der Waals surface area contributed by atoms with E-state index in [1.807, 2.05) is 18.2 Å². The molecule has 1 N–H and O–H groups in total. The lowest BCUT2D eigenvalue weighted by atomic mass is 10.2.